The Morgan fingerprint density at radius 2 is 1.74 bits per heavy atom. The van der Waals surface area contributed by atoms with Crippen LogP contribution in [0.3, 0.4) is 0 Å². The van der Waals surface area contributed by atoms with Gasteiger partial charge in [0, 0.05) is 18.2 Å². The summed E-state index contributed by atoms with van der Waals surface area (Å²) < 4.78 is 5.31. The molecular formula is C29H38N4O2. The molecule has 0 radical (unpaired) electrons. The lowest BCUT2D eigenvalue weighted by atomic mass is 9.75. The molecule has 3 aromatic rings. The number of hydrogen-bond donors (Lipinski definition) is 1. The lowest BCUT2D eigenvalue weighted by Gasteiger charge is -2.34. The zero-order chi connectivity index (χ0) is 25.1. The third-order valence-electron chi connectivity index (χ3n) is 6.84. The van der Waals surface area contributed by atoms with Gasteiger partial charge in [0.15, 0.2) is 0 Å². The molecule has 0 aliphatic heterocycles. The Labute approximate surface area is 209 Å². The number of nitrogens with one attached hydrogen (secondary N) is 1. The van der Waals surface area contributed by atoms with Gasteiger partial charge in [0.2, 0.25) is 6.73 Å². The van der Waals surface area contributed by atoms with Gasteiger partial charge >= 0.3 is 5.97 Å². The van der Waals surface area contributed by atoms with Crippen LogP contribution in [0.25, 0.3) is 22.4 Å². The van der Waals surface area contributed by atoms with Gasteiger partial charge in [-0.2, -0.15) is 5.10 Å². The molecule has 0 bridgehead atoms. The SMILES string of the molecule is CC1(C)CCC(NCc2ccc(-c3cccc(-c4cnn(COC(=O)C(C)(C)C)n4)c3)cc2)CC1. The molecule has 1 saturated carbocycles. The van der Waals surface area contributed by atoms with Gasteiger partial charge in [0.25, 0.3) is 0 Å². The standard InChI is InChI=1S/C29H38N4O2/c1-28(2,3)27(34)35-20-33-31-19-26(32-33)24-8-6-7-23(17-24)22-11-9-21(10-12-22)18-30-25-13-15-29(4,5)16-14-25/h6-12,17,19,25,30H,13-16,18,20H2,1-5H3. The molecule has 0 unspecified atom stereocenters. The van der Waals surface area contributed by atoms with E-state index < -0.39 is 5.41 Å². The minimum atomic E-state index is -0.553. The number of nitrogens with zero attached hydrogens (tertiary/aromatic N) is 3. The average Bonchev–Trinajstić information content (AvgIpc) is 3.31. The van der Waals surface area contributed by atoms with Crippen LogP contribution in [0.5, 0.6) is 0 Å². The fourth-order valence-electron chi connectivity index (χ4n) is 4.36. The van der Waals surface area contributed by atoms with E-state index in [-0.39, 0.29) is 12.7 Å². The van der Waals surface area contributed by atoms with Crippen molar-refractivity contribution in [1.82, 2.24) is 20.3 Å². The van der Waals surface area contributed by atoms with Crippen LogP contribution in [0.15, 0.2) is 54.7 Å². The van der Waals surface area contributed by atoms with Crippen molar-refractivity contribution in [3.8, 4) is 22.4 Å². The predicted molar refractivity (Wildman–Crippen MR) is 139 cm³/mol. The molecule has 35 heavy (non-hydrogen) atoms. The summed E-state index contributed by atoms with van der Waals surface area (Å²) in [6, 6.07) is 17.7. The first-order chi connectivity index (χ1) is 16.6. The number of carbonyl (C=O) groups excluding carboxylic acids is 1. The summed E-state index contributed by atoms with van der Waals surface area (Å²) in [5, 5.41) is 12.5. The first kappa shape index (κ1) is 25.1. The molecule has 2 aromatic carbocycles. The largest absolute Gasteiger partial charge is 0.440 e. The molecule has 0 amide bonds. The molecule has 1 aliphatic carbocycles. The van der Waals surface area contributed by atoms with Gasteiger partial charge in [-0.1, -0.05) is 56.3 Å². The van der Waals surface area contributed by atoms with Crippen LogP contribution in [-0.4, -0.2) is 27.0 Å². The van der Waals surface area contributed by atoms with Gasteiger partial charge in [-0.05, 0) is 74.6 Å². The van der Waals surface area contributed by atoms with E-state index in [9.17, 15) is 4.79 Å². The number of esters is 1. The Morgan fingerprint density at radius 1 is 1.06 bits per heavy atom. The average molecular weight is 475 g/mol. The van der Waals surface area contributed by atoms with Crippen molar-refractivity contribution in [3.63, 3.8) is 0 Å². The maximum atomic E-state index is 12.0. The molecule has 1 heterocycles. The van der Waals surface area contributed by atoms with Crippen LogP contribution in [0.2, 0.25) is 0 Å². The van der Waals surface area contributed by atoms with Crippen LogP contribution in [0.1, 0.15) is 65.9 Å². The molecule has 0 saturated heterocycles. The zero-order valence-corrected chi connectivity index (χ0v) is 21.7. The fraction of sp³-hybridized carbons (Fsp3) is 0.483. The number of aromatic nitrogens is 3. The van der Waals surface area contributed by atoms with E-state index in [0.29, 0.717) is 11.5 Å². The molecule has 1 N–H and O–H groups in total. The highest BCUT2D eigenvalue weighted by Crippen LogP contribution is 2.35. The van der Waals surface area contributed by atoms with Crippen molar-refractivity contribution in [1.29, 1.82) is 0 Å². The lowest BCUT2D eigenvalue weighted by Crippen LogP contribution is -2.35. The van der Waals surface area contributed by atoms with Crippen molar-refractivity contribution in [2.75, 3.05) is 0 Å². The molecule has 0 atom stereocenters. The van der Waals surface area contributed by atoms with Crippen LogP contribution >= 0.6 is 0 Å². The maximum absolute atomic E-state index is 12.0. The van der Waals surface area contributed by atoms with E-state index in [4.69, 9.17) is 4.74 Å². The van der Waals surface area contributed by atoms with Gasteiger partial charge in [-0.25, -0.2) is 0 Å². The summed E-state index contributed by atoms with van der Waals surface area (Å²) in [4.78, 5) is 13.4. The molecule has 1 fully saturated rings. The van der Waals surface area contributed by atoms with E-state index in [1.165, 1.54) is 41.6 Å². The highest BCUT2D eigenvalue weighted by molar-refractivity contribution is 5.75. The van der Waals surface area contributed by atoms with E-state index in [0.717, 1.165) is 23.4 Å². The Bertz CT molecular complexity index is 1130. The molecular weight excluding hydrogens is 436 g/mol. The normalized spacial score (nSPS) is 16.3. The number of ether oxygens (including phenoxy) is 1. The molecule has 6 heteroatoms. The van der Waals surface area contributed by atoms with Crippen molar-refractivity contribution in [2.24, 2.45) is 10.8 Å². The molecule has 186 valence electrons. The van der Waals surface area contributed by atoms with E-state index >= 15 is 0 Å². The first-order valence-corrected chi connectivity index (χ1v) is 12.6. The highest BCUT2D eigenvalue weighted by atomic mass is 16.5. The quantitative estimate of drug-likeness (QED) is 0.412. The zero-order valence-electron chi connectivity index (χ0n) is 21.7. The van der Waals surface area contributed by atoms with Crippen molar-refractivity contribution in [2.45, 2.75) is 79.6 Å². The molecule has 4 rings (SSSR count). The molecule has 1 aliphatic rings. The minimum Gasteiger partial charge on any atom is -0.440 e. The summed E-state index contributed by atoms with van der Waals surface area (Å²) in [6.45, 7) is 11.1. The summed E-state index contributed by atoms with van der Waals surface area (Å²) >= 11 is 0. The monoisotopic (exact) mass is 474 g/mol. The van der Waals surface area contributed by atoms with Gasteiger partial charge in [0.05, 0.1) is 11.6 Å². The second-order valence-corrected chi connectivity index (χ2v) is 11.5. The topological polar surface area (TPSA) is 69.0 Å². The molecule has 0 spiro atoms. The van der Waals surface area contributed by atoms with Crippen LogP contribution < -0.4 is 5.32 Å². The minimum absolute atomic E-state index is 0.00388. The lowest BCUT2D eigenvalue weighted by molar-refractivity contribution is -0.157. The summed E-state index contributed by atoms with van der Waals surface area (Å²) in [5.41, 5.74) is 5.27. The summed E-state index contributed by atoms with van der Waals surface area (Å²) in [6.07, 6.45) is 6.83. The Hall–Kier alpha value is -2.99. The third-order valence-corrected chi connectivity index (χ3v) is 6.84. The smallest absolute Gasteiger partial charge is 0.313 e. The number of rotatable bonds is 7. The van der Waals surface area contributed by atoms with Crippen molar-refractivity contribution < 1.29 is 9.53 Å². The van der Waals surface area contributed by atoms with Crippen LogP contribution in [0.4, 0.5) is 0 Å². The van der Waals surface area contributed by atoms with E-state index in [2.05, 4.69) is 65.8 Å². The summed E-state index contributed by atoms with van der Waals surface area (Å²) in [7, 11) is 0. The highest BCUT2D eigenvalue weighted by Gasteiger charge is 2.26. The third kappa shape index (κ3) is 6.79. The van der Waals surface area contributed by atoms with Crippen molar-refractivity contribution in [3.05, 3.63) is 60.3 Å². The van der Waals surface area contributed by atoms with Crippen molar-refractivity contribution >= 4 is 5.97 Å². The first-order valence-electron chi connectivity index (χ1n) is 12.6. The fourth-order valence-corrected chi connectivity index (χ4v) is 4.36. The number of benzene rings is 2. The Kier molecular flexibility index (Phi) is 7.41. The number of carbonyl (C=O) groups is 1. The van der Waals surface area contributed by atoms with Gasteiger partial charge < -0.3 is 10.1 Å². The number of hydrogen-bond acceptors (Lipinski definition) is 5. The summed E-state index contributed by atoms with van der Waals surface area (Å²) in [5.74, 6) is -0.278. The Morgan fingerprint density at radius 3 is 2.43 bits per heavy atom. The van der Waals surface area contributed by atoms with Gasteiger partial charge in [-0.3, -0.25) is 4.79 Å². The predicted octanol–water partition coefficient (Wildman–Crippen LogP) is 6.22. The van der Waals surface area contributed by atoms with E-state index in [1.807, 2.05) is 32.9 Å². The maximum Gasteiger partial charge on any atom is 0.313 e. The second-order valence-electron chi connectivity index (χ2n) is 11.5. The van der Waals surface area contributed by atoms with Gasteiger partial charge in [0.1, 0.15) is 5.69 Å². The van der Waals surface area contributed by atoms with E-state index in [1.54, 1.807) is 6.20 Å². The molecule has 6 nitrogen and oxygen atoms in total. The Balaban J connectivity index is 1.36. The van der Waals surface area contributed by atoms with Gasteiger partial charge in [-0.15, -0.1) is 9.90 Å². The molecule has 1 aromatic heterocycles. The van der Waals surface area contributed by atoms with Crippen LogP contribution in [-0.2, 0) is 22.8 Å². The van der Waals surface area contributed by atoms with Crippen LogP contribution in [0, 0.1) is 10.8 Å². The second kappa shape index (κ2) is 10.3.